The summed E-state index contributed by atoms with van der Waals surface area (Å²) in [4.78, 5) is 28.2. The van der Waals surface area contributed by atoms with Crippen molar-refractivity contribution in [2.24, 2.45) is 5.92 Å². The van der Waals surface area contributed by atoms with E-state index in [1.165, 1.54) is 0 Å². The van der Waals surface area contributed by atoms with Crippen molar-refractivity contribution in [3.8, 4) is 0 Å². The van der Waals surface area contributed by atoms with Gasteiger partial charge in [-0.25, -0.2) is 9.97 Å². The van der Waals surface area contributed by atoms with E-state index in [0.717, 1.165) is 62.4 Å². The van der Waals surface area contributed by atoms with Crippen LogP contribution in [0.3, 0.4) is 0 Å². The van der Waals surface area contributed by atoms with E-state index in [0.29, 0.717) is 11.6 Å². The van der Waals surface area contributed by atoms with Crippen LogP contribution < -0.4 is 10.2 Å². The van der Waals surface area contributed by atoms with Crippen LogP contribution in [0.15, 0.2) is 30.6 Å². The molecule has 1 saturated heterocycles. The minimum Gasteiger partial charge on any atom is -0.396 e. The molecule has 0 aromatic carbocycles. The SMILES string of the molecule is O=C(NC1CCCc2nc(N3CCC(CO)CC3)ncc21)c1ccccn1. The fraction of sp³-hybridized carbons (Fsp3) is 0.500. The summed E-state index contributed by atoms with van der Waals surface area (Å²) < 4.78 is 0. The summed E-state index contributed by atoms with van der Waals surface area (Å²) in [6, 6.07) is 5.25. The van der Waals surface area contributed by atoms with E-state index in [9.17, 15) is 9.90 Å². The molecule has 0 bridgehead atoms. The highest BCUT2D eigenvalue weighted by atomic mass is 16.3. The average Bonchev–Trinajstić information content (AvgIpc) is 2.74. The molecule has 0 spiro atoms. The van der Waals surface area contributed by atoms with Crippen LogP contribution in [0, 0.1) is 5.92 Å². The summed E-state index contributed by atoms with van der Waals surface area (Å²) in [5.41, 5.74) is 2.47. The first-order valence-corrected chi connectivity index (χ1v) is 9.68. The third-order valence-corrected chi connectivity index (χ3v) is 5.53. The van der Waals surface area contributed by atoms with Crippen molar-refractivity contribution in [3.63, 3.8) is 0 Å². The van der Waals surface area contributed by atoms with E-state index in [1.807, 2.05) is 12.3 Å². The molecule has 7 heteroatoms. The first-order chi connectivity index (χ1) is 13.2. The van der Waals surface area contributed by atoms with Gasteiger partial charge in [-0.2, -0.15) is 0 Å². The third kappa shape index (κ3) is 3.93. The number of rotatable bonds is 4. The number of nitrogens with one attached hydrogen (secondary N) is 1. The Kier molecular flexibility index (Phi) is 5.29. The molecule has 27 heavy (non-hydrogen) atoms. The number of aromatic nitrogens is 3. The minimum atomic E-state index is -0.163. The van der Waals surface area contributed by atoms with Gasteiger partial charge in [-0.1, -0.05) is 6.07 Å². The first kappa shape index (κ1) is 17.9. The van der Waals surface area contributed by atoms with Gasteiger partial charge >= 0.3 is 0 Å². The normalized spacial score (nSPS) is 20.2. The summed E-state index contributed by atoms with van der Waals surface area (Å²) in [6.45, 7) is 2.02. The number of piperidine rings is 1. The van der Waals surface area contributed by atoms with Gasteiger partial charge in [0.2, 0.25) is 5.95 Å². The highest BCUT2D eigenvalue weighted by molar-refractivity contribution is 5.92. The van der Waals surface area contributed by atoms with E-state index in [4.69, 9.17) is 4.98 Å². The molecule has 0 radical (unpaired) electrons. The molecule has 1 unspecified atom stereocenters. The molecule has 2 N–H and O–H groups in total. The highest BCUT2D eigenvalue weighted by Gasteiger charge is 2.26. The van der Waals surface area contributed by atoms with Gasteiger partial charge in [-0.3, -0.25) is 9.78 Å². The van der Waals surface area contributed by atoms with E-state index < -0.39 is 0 Å². The predicted octanol–water partition coefficient (Wildman–Crippen LogP) is 1.89. The van der Waals surface area contributed by atoms with Crippen molar-refractivity contribution in [3.05, 3.63) is 47.5 Å². The van der Waals surface area contributed by atoms with Crippen LogP contribution in [-0.4, -0.2) is 45.7 Å². The van der Waals surface area contributed by atoms with E-state index in [2.05, 4.69) is 20.2 Å². The number of fused-ring (bicyclic) bond motifs is 1. The fourth-order valence-corrected chi connectivity index (χ4v) is 3.88. The lowest BCUT2D eigenvalue weighted by atomic mass is 9.92. The largest absolute Gasteiger partial charge is 0.396 e. The summed E-state index contributed by atoms with van der Waals surface area (Å²) in [7, 11) is 0. The molecule has 2 aromatic heterocycles. The second-order valence-electron chi connectivity index (χ2n) is 7.32. The Morgan fingerprint density at radius 1 is 1.22 bits per heavy atom. The number of hydrogen-bond donors (Lipinski definition) is 2. The molecular formula is C20H25N5O2. The van der Waals surface area contributed by atoms with Crippen molar-refractivity contribution >= 4 is 11.9 Å². The second kappa shape index (κ2) is 8.00. The minimum absolute atomic E-state index is 0.0718. The molecule has 2 aliphatic rings. The van der Waals surface area contributed by atoms with Crippen LogP contribution >= 0.6 is 0 Å². The fourth-order valence-electron chi connectivity index (χ4n) is 3.88. The number of carbonyl (C=O) groups is 1. The first-order valence-electron chi connectivity index (χ1n) is 9.68. The number of carbonyl (C=O) groups excluding carboxylic acids is 1. The standard InChI is InChI=1S/C20H25N5O2/c26-13-14-7-10-25(11-8-14)20-22-12-15-16(5-3-6-17(15)24-20)23-19(27)18-4-1-2-9-21-18/h1-2,4,9,12,14,16,26H,3,5-8,10-11,13H2,(H,23,27). The van der Waals surface area contributed by atoms with Crippen LogP contribution in [0.4, 0.5) is 5.95 Å². The van der Waals surface area contributed by atoms with Crippen molar-refractivity contribution in [1.82, 2.24) is 20.3 Å². The number of hydrogen-bond acceptors (Lipinski definition) is 6. The lowest BCUT2D eigenvalue weighted by Crippen LogP contribution is -2.37. The molecule has 7 nitrogen and oxygen atoms in total. The van der Waals surface area contributed by atoms with Gasteiger partial charge in [-0.15, -0.1) is 0 Å². The van der Waals surface area contributed by atoms with Gasteiger partial charge < -0.3 is 15.3 Å². The van der Waals surface area contributed by atoms with Gasteiger partial charge in [0.05, 0.1) is 11.7 Å². The summed E-state index contributed by atoms with van der Waals surface area (Å²) >= 11 is 0. The number of pyridine rings is 1. The van der Waals surface area contributed by atoms with E-state index >= 15 is 0 Å². The number of anilines is 1. The molecule has 4 rings (SSSR count). The smallest absolute Gasteiger partial charge is 0.270 e. The van der Waals surface area contributed by atoms with Gasteiger partial charge in [0, 0.05) is 37.7 Å². The van der Waals surface area contributed by atoms with Crippen LogP contribution in [0.5, 0.6) is 0 Å². The molecule has 1 fully saturated rings. The summed E-state index contributed by atoms with van der Waals surface area (Å²) in [6.07, 6.45) is 8.23. The maximum Gasteiger partial charge on any atom is 0.270 e. The molecule has 1 amide bonds. The monoisotopic (exact) mass is 367 g/mol. The molecule has 142 valence electrons. The van der Waals surface area contributed by atoms with Crippen LogP contribution in [0.25, 0.3) is 0 Å². The predicted molar refractivity (Wildman–Crippen MR) is 101 cm³/mol. The quantitative estimate of drug-likeness (QED) is 0.857. The van der Waals surface area contributed by atoms with Gasteiger partial charge in [-0.05, 0) is 50.2 Å². The van der Waals surface area contributed by atoms with E-state index in [1.54, 1.807) is 18.3 Å². The number of amides is 1. The maximum absolute atomic E-state index is 12.5. The van der Waals surface area contributed by atoms with Gasteiger partial charge in [0.1, 0.15) is 5.69 Å². The lowest BCUT2D eigenvalue weighted by molar-refractivity contribution is 0.0927. The Hall–Kier alpha value is -2.54. The van der Waals surface area contributed by atoms with Crippen LogP contribution in [-0.2, 0) is 6.42 Å². The second-order valence-corrected chi connectivity index (χ2v) is 7.32. The van der Waals surface area contributed by atoms with Crippen molar-refractivity contribution < 1.29 is 9.90 Å². The lowest BCUT2D eigenvalue weighted by Gasteiger charge is -2.32. The maximum atomic E-state index is 12.5. The van der Waals surface area contributed by atoms with Crippen LogP contribution in [0.1, 0.15) is 53.5 Å². The molecular weight excluding hydrogens is 342 g/mol. The number of nitrogens with zero attached hydrogens (tertiary/aromatic N) is 4. The Morgan fingerprint density at radius 2 is 2.07 bits per heavy atom. The molecule has 1 atom stereocenters. The van der Waals surface area contributed by atoms with Crippen LogP contribution in [0.2, 0.25) is 0 Å². The molecule has 1 aliphatic carbocycles. The van der Waals surface area contributed by atoms with Crippen molar-refractivity contribution in [2.75, 3.05) is 24.6 Å². The topological polar surface area (TPSA) is 91.2 Å². The average molecular weight is 367 g/mol. The van der Waals surface area contributed by atoms with Crippen molar-refractivity contribution in [2.45, 2.75) is 38.1 Å². The molecule has 3 heterocycles. The molecule has 1 aliphatic heterocycles. The Labute approximate surface area is 158 Å². The summed E-state index contributed by atoms with van der Waals surface area (Å²) in [5.74, 6) is 0.996. The number of aliphatic hydroxyl groups is 1. The number of aryl methyl sites for hydroxylation is 1. The van der Waals surface area contributed by atoms with Crippen molar-refractivity contribution in [1.29, 1.82) is 0 Å². The zero-order valence-electron chi connectivity index (χ0n) is 15.3. The molecule has 0 saturated carbocycles. The number of aliphatic hydroxyl groups excluding tert-OH is 1. The highest BCUT2D eigenvalue weighted by Crippen LogP contribution is 2.30. The van der Waals surface area contributed by atoms with Gasteiger partial charge in [0.25, 0.3) is 5.91 Å². The Bertz CT molecular complexity index is 790. The molecule has 2 aromatic rings. The zero-order chi connectivity index (χ0) is 18.6. The third-order valence-electron chi connectivity index (χ3n) is 5.53. The summed E-state index contributed by atoms with van der Waals surface area (Å²) in [5, 5.41) is 12.4. The zero-order valence-corrected chi connectivity index (χ0v) is 15.3. The van der Waals surface area contributed by atoms with Gasteiger partial charge in [0.15, 0.2) is 0 Å². The van der Waals surface area contributed by atoms with E-state index in [-0.39, 0.29) is 18.6 Å². The Balaban J connectivity index is 1.48. The Morgan fingerprint density at radius 3 is 2.81 bits per heavy atom.